The van der Waals surface area contributed by atoms with Crippen LogP contribution >= 0.6 is 15.9 Å². The van der Waals surface area contributed by atoms with Crippen molar-refractivity contribution in [3.63, 3.8) is 0 Å². The molecular weight excluding hydrogens is 206 g/mol. The molecule has 0 saturated heterocycles. The topological polar surface area (TPSA) is 21.6 Å². The van der Waals surface area contributed by atoms with Gasteiger partial charge >= 0.3 is 0 Å². The van der Waals surface area contributed by atoms with E-state index in [4.69, 9.17) is 4.74 Å². The van der Waals surface area contributed by atoms with E-state index in [1.54, 1.807) is 6.21 Å². The van der Waals surface area contributed by atoms with Crippen LogP contribution in [-0.2, 0) is 4.74 Å². The first-order valence-corrected chi connectivity index (χ1v) is 4.46. The maximum atomic E-state index is 5.26. The number of rotatable bonds is 5. The second-order valence-electron chi connectivity index (χ2n) is 1.69. The predicted molar refractivity (Wildman–Crippen MR) is 52.2 cm³/mol. The molecule has 0 spiro atoms. The average Bonchev–Trinajstić information content (AvgIpc) is 2.05. The highest BCUT2D eigenvalue weighted by Crippen LogP contribution is 1.94. The largest absolute Gasteiger partial charge is 0.491 e. The van der Waals surface area contributed by atoms with Crippen molar-refractivity contribution in [2.24, 2.45) is 4.99 Å². The van der Waals surface area contributed by atoms with Crippen LogP contribution < -0.4 is 0 Å². The lowest BCUT2D eigenvalue weighted by molar-refractivity contribution is 0.255. The van der Waals surface area contributed by atoms with Crippen LogP contribution in [0.1, 0.15) is 6.92 Å². The summed E-state index contributed by atoms with van der Waals surface area (Å²) in [6.45, 7) is 6.01. The van der Waals surface area contributed by atoms with E-state index in [2.05, 4.69) is 27.5 Å². The molecule has 0 N–H and O–H groups in total. The monoisotopic (exact) mass is 217 g/mol. The number of hydrogen-bond acceptors (Lipinski definition) is 2. The minimum Gasteiger partial charge on any atom is -0.491 e. The molecule has 0 aromatic carbocycles. The molecule has 2 nitrogen and oxygen atoms in total. The van der Waals surface area contributed by atoms with Crippen LogP contribution in [0.25, 0.3) is 0 Å². The Labute approximate surface area is 75.8 Å². The molecule has 0 heterocycles. The Morgan fingerprint density at radius 1 is 1.73 bits per heavy atom. The van der Waals surface area contributed by atoms with Crippen LogP contribution in [0.3, 0.4) is 0 Å². The molecule has 0 fully saturated rings. The quantitative estimate of drug-likeness (QED) is 0.394. The van der Waals surface area contributed by atoms with Gasteiger partial charge in [0.2, 0.25) is 0 Å². The molecule has 0 radical (unpaired) electrons. The number of aliphatic imine (C=N–C) groups is 1. The lowest BCUT2D eigenvalue weighted by Crippen LogP contribution is -1.96. The zero-order valence-corrected chi connectivity index (χ0v) is 8.17. The predicted octanol–water partition coefficient (Wildman–Crippen LogP) is 2.52. The summed E-state index contributed by atoms with van der Waals surface area (Å²) >= 11 is 3.26. The van der Waals surface area contributed by atoms with E-state index in [9.17, 15) is 0 Å². The zero-order chi connectivity index (χ0) is 8.53. The summed E-state index contributed by atoms with van der Waals surface area (Å²) in [5.41, 5.74) is 0. The lowest BCUT2D eigenvalue weighted by Gasteiger charge is -2.01. The van der Waals surface area contributed by atoms with Gasteiger partial charge in [-0.2, -0.15) is 0 Å². The van der Waals surface area contributed by atoms with Gasteiger partial charge in [-0.1, -0.05) is 22.5 Å². The second-order valence-corrected chi connectivity index (χ2v) is 2.48. The first-order valence-electron chi connectivity index (χ1n) is 3.34. The lowest BCUT2D eigenvalue weighted by atomic mass is 10.5. The van der Waals surface area contributed by atoms with Crippen molar-refractivity contribution in [3.05, 3.63) is 24.6 Å². The van der Waals surface area contributed by atoms with Gasteiger partial charge in [0.05, 0.1) is 12.8 Å². The molecule has 0 aliphatic heterocycles. The molecule has 0 amide bonds. The van der Waals surface area contributed by atoms with Gasteiger partial charge in [-0.3, -0.25) is 4.99 Å². The van der Waals surface area contributed by atoms with Crippen molar-refractivity contribution in [2.75, 3.05) is 11.9 Å². The average molecular weight is 218 g/mol. The molecule has 0 unspecified atom stereocenters. The van der Waals surface area contributed by atoms with Crippen molar-refractivity contribution >= 4 is 22.1 Å². The van der Waals surface area contributed by atoms with Crippen molar-refractivity contribution < 1.29 is 4.74 Å². The van der Waals surface area contributed by atoms with Gasteiger partial charge < -0.3 is 4.74 Å². The highest BCUT2D eigenvalue weighted by atomic mass is 79.9. The van der Waals surface area contributed by atoms with E-state index in [0.29, 0.717) is 6.61 Å². The maximum Gasteiger partial charge on any atom is 0.133 e. The van der Waals surface area contributed by atoms with Crippen LogP contribution in [0.5, 0.6) is 0 Å². The Balaban J connectivity index is 3.77. The Kier molecular flexibility index (Phi) is 7.15. The summed E-state index contributed by atoms with van der Waals surface area (Å²) in [6, 6.07) is 0. The van der Waals surface area contributed by atoms with Gasteiger partial charge in [-0.25, -0.2) is 0 Å². The van der Waals surface area contributed by atoms with E-state index < -0.39 is 0 Å². The summed E-state index contributed by atoms with van der Waals surface area (Å²) in [6.07, 6.45) is 4.96. The highest BCUT2D eigenvalue weighted by molar-refractivity contribution is 9.09. The van der Waals surface area contributed by atoms with Gasteiger partial charge in [0.25, 0.3) is 0 Å². The minimum absolute atomic E-state index is 0.656. The molecule has 11 heavy (non-hydrogen) atoms. The molecule has 3 heteroatoms. The van der Waals surface area contributed by atoms with Crippen molar-refractivity contribution in [1.82, 2.24) is 0 Å². The molecule has 0 saturated carbocycles. The third-order valence-corrected chi connectivity index (χ3v) is 1.26. The Bertz CT molecular complexity index is 163. The smallest absolute Gasteiger partial charge is 0.133 e. The van der Waals surface area contributed by atoms with Crippen LogP contribution in [0, 0.1) is 0 Å². The van der Waals surface area contributed by atoms with E-state index in [1.807, 2.05) is 13.0 Å². The molecule has 0 bridgehead atoms. The SMILES string of the molecule is C=CN=C/C(=C\C)OCCBr. The van der Waals surface area contributed by atoms with E-state index in [-0.39, 0.29) is 0 Å². The molecule has 0 aliphatic rings. The second kappa shape index (κ2) is 7.54. The molecular formula is C8H12BrNO. The number of halogens is 1. The zero-order valence-electron chi connectivity index (χ0n) is 6.59. The van der Waals surface area contributed by atoms with Crippen LogP contribution in [0.4, 0.5) is 0 Å². The van der Waals surface area contributed by atoms with Gasteiger partial charge in [-0.15, -0.1) is 0 Å². The fourth-order valence-electron chi connectivity index (χ4n) is 0.478. The highest BCUT2D eigenvalue weighted by Gasteiger charge is 1.88. The molecule has 0 aliphatic carbocycles. The Hall–Kier alpha value is -0.570. The van der Waals surface area contributed by atoms with Gasteiger partial charge in [0.1, 0.15) is 5.76 Å². The summed E-state index contributed by atoms with van der Waals surface area (Å²) in [4.78, 5) is 3.83. The first-order chi connectivity index (χ1) is 5.35. The van der Waals surface area contributed by atoms with Crippen LogP contribution in [-0.4, -0.2) is 18.2 Å². The van der Waals surface area contributed by atoms with E-state index in [0.717, 1.165) is 11.1 Å². The van der Waals surface area contributed by atoms with E-state index in [1.165, 1.54) is 6.20 Å². The van der Waals surface area contributed by atoms with Crippen LogP contribution in [0.2, 0.25) is 0 Å². The maximum absolute atomic E-state index is 5.26. The fraction of sp³-hybridized carbons (Fsp3) is 0.375. The molecule has 0 rings (SSSR count). The Morgan fingerprint density at radius 2 is 2.45 bits per heavy atom. The van der Waals surface area contributed by atoms with Gasteiger partial charge in [-0.05, 0) is 13.0 Å². The normalized spacial score (nSPS) is 12.0. The molecule has 62 valence electrons. The van der Waals surface area contributed by atoms with Crippen LogP contribution in [0.15, 0.2) is 29.6 Å². The number of ether oxygens (including phenoxy) is 1. The number of alkyl halides is 1. The third kappa shape index (κ3) is 5.85. The minimum atomic E-state index is 0.656. The van der Waals surface area contributed by atoms with Crippen molar-refractivity contribution in [3.8, 4) is 0 Å². The van der Waals surface area contributed by atoms with Gasteiger partial charge in [0.15, 0.2) is 0 Å². The first kappa shape index (κ1) is 10.4. The van der Waals surface area contributed by atoms with Crippen molar-refractivity contribution in [2.45, 2.75) is 6.92 Å². The third-order valence-electron chi connectivity index (χ3n) is 0.938. The van der Waals surface area contributed by atoms with Crippen molar-refractivity contribution in [1.29, 1.82) is 0 Å². The number of nitrogens with zero attached hydrogens (tertiary/aromatic N) is 1. The number of hydrogen-bond donors (Lipinski definition) is 0. The van der Waals surface area contributed by atoms with E-state index >= 15 is 0 Å². The summed E-state index contributed by atoms with van der Waals surface area (Å²) in [5, 5.41) is 0.826. The summed E-state index contributed by atoms with van der Waals surface area (Å²) in [5.74, 6) is 0.768. The molecule has 0 aromatic heterocycles. The summed E-state index contributed by atoms with van der Waals surface area (Å²) in [7, 11) is 0. The van der Waals surface area contributed by atoms with Gasteiger partial charge in [0, 0.05) is 11.5 Å². The molecule has 0 atom stereocenters. The Morgan fingerprint density at radius 3 is 2.91 bits per heavy atom. The number of allylic oxidation sites excluding steroid dienone is 2. The summed E-state index contributed by atoms with van der Waals surface area (Å²) < 4.78 is 5.26. The molecule has 0 aromatic rings. The standard InChI is InChI=1S/C8H12BrNO/c1-3-8(7-10-4-2)11-6-5-9/h3-4,7H,2,5-6H2,1H3/b8-3+,10-7?. The fourth-order valence-corrected chi connectivity index (χ4v) is 0.640.